The lowest BCUT2D eigenvalue weighted by Crippen LogP contribution is -2.50. The molecule has 6 rings (SSSR count). The maximum absolute atomic E-state index is 14.5. The van der Waals surface area contributed by atoms with E-state index in [2.05, 4.69) is 41.7 Å². The predicted octanol–water partition coefficient (Wildman–Crippen LogP) is 7.72. The molecule has 3 heterocycles. The fourth-order valence-electron chi connectivity index (χ4n) is 7.44. The molecule has 0 radical (unpaired) electrons. The molecule has 2 aromatic heterocycles. The quantitative estimate of drug-likeness (QED) is 0.202. The summed E-state index contributed by atoms with van der Waals surface area (Å²) in [5.41, 5.74) is 2.48. The van der Waals surface area contributed by atoms with Crippen LogP contribution in [-0.2, 0) is 6.54 Å². The van der Waals surface area contributed by atoms with Crippen molar-refractivity contribution in [2.24, 2.45) is 11.3 Å². The van der Waals surface area contributed by atoms with Crippen LogP contribution in [-0.4, -0.2) is 50.6 Å². The number of carbonyl (C=O) groups excluding carboxylic acids is 1. The highest BCUT2D eigenvalue weighted by atomic mass is 19.2. The lowest BCUT2D eigenvalue weighted by atomic mass is 9.71. The number of rotatable bonds is 7. The Labute approximate surface area is 256 Å². The van der Waals surface area contributed by atoms with Crippen molar-refractivity contribution < 1.29 is 22.7 Å². The van der Waals surface area contributed by atoms with E-state index in [0.717, 1.165) is 59.7 Å². The van der Waals surface area contributed by atoms with E-state index < -0.39 is 17.5 Å². The van der Waals surface area contributed by atoms with Crippen LogP contribution in [0.2, 0.25) is 0 Å². The van der Waals surface area contributed by atoms with Crippen LogP contribution < -0.4 is 4.74 Å². The van der Waals surface area contributed by atoms with Gasteiger partial charge in [0, 0.05) is 52.8 Å². The molecular weight excluding hydrogens is 567 g/mol. The van der Waals surface area contributed by atoms with Gasteiger partial charge in [-0.1, -0.05) is 38.3 Å². The summed E-state index contributed by atoms with van der Waals surface area (Å²) >= 11 is 0. The van der Waals surface area contributed by atoms with Crippen LogP contribution in [0, 0.1) is 35.7 Å². The second-order valence-electron chi connectivity index (χ2n) is 12.9. The number of likely N-dealkylation sites (tertiary alicyclic amines) is 1. The standard InChI is InChI=1S/C34H40F3N5O2/c1-21(2)34(20-41-18-30(38-39-41)25-16-28(36)29(37)17-27(25)35)13-8-14-40(19-34)33(43)32-22(3)42(23-9-6-5-7-10-23)31-12-11-24(44-4)15-26(31)32/h11-12,15-18,21,23H,5-10,13-14,19-20H2,1-4H3. The fraction of sp³-hybridized carbons (Fsp3) is 0.500. The van der Waals surface area contributed by atoms with Crippen molar-refractivity contribution in [3.63, 3.8) is 0 Å². The Hall–Kier alpha value is -3.82. The maximum atomic E-state index is 14.5. The molecule has 2 aromatic carbocycles. The van der Waals surface area contributed by atoms with E-state index in [1.165, 1.54) is 19.3 Å². The van der Waals surface area contributed by atoms with Crippen LogP contribution in [0.4, 0.5) is 13.2 Å². The van der Waals surface area contributed by atoms with E-state index in [9.17, 15) is 18.0 Å². The molecule has 2 aliphatic rings. The Kier molecular flexibility index (Phi) is 8.20. The molecule has 4 aromatic rings. The Morgan fingerprint density at radius 2 is 1.80 bits per heavy atom. The number of halogens is 3. The van der Waals surface area contributed by atoms with E-state index in [4.69, 9.17) is 4.74 Å². The number of hydrogen-bond acceptors (Lipinski definition) is 4. The number of aromatic nitrogens is 4. The lowest BCUT2D eigenvalue weighted by molar-refractivity contribution is 0.0239. The summed E-state index contributed by atoms with van der Waals surface area (Å²) in [6, 6.07) is 7.74. The Bertz CT molecular complexity index is 1690. The van der Waals surface area contributed by atoms with Gasteiger partial charge in [0.2, 0.25) is 0 Å². The molecule has 2 fully saturated rings. The molecule has 1 unspecified atom stereocenters. The highest BCUT2D eigenvalue weighted by Gasteiger charge is 2.41. The minimum absolute atomic E-state index is 0.0168. The number of piperidine rings is 1. The van der Waals surface area contributed by atoms with Crippen molar-refractivity contribution in [1.29, 1.82) is 0 Å². The molecule has 10 heteroatoms. The molecule has 234 valence electrons. The van der Waals surface area contributed by atoms with Gasteiger partial charge < -0.3 is 14.2 Å². The van der Waals surface area contributed by atoms with Gasteiger partial charge in [-0.2, -0.15) is 0 Å². The predicted molar refractivity (Wildman–Crippen MR) is 163 cm³/mol. The summed E-state index contributed by atoms with van der Waals surface area (Å²) in [6.45, 7) is 7.98. The smallest absolute Gasteiger partial charge is 0.256 e. The zero-order chi connectivity index (χ0) is 31.2. The monoisotopic (exact) mass is 607 g/mol. The number of amides is 1. The van der Waals surface area contributed by atoms with Crippen molar-refractivity contribution in [3.05, 3.63) is 65.2 Å². The van der Waals surface area contributed by atoms with Gasteiger partial charge in [0.05, 0.1) is 25.4 Å². The maximum Gasteiger partial charge on any atom is 0.256 e. The minimum atomic E-state index is -1.25. The molecule has 1 aliphatic carbocycles. The first kappa shape index (κ1) is 30.2. The van der Waals surface area contributed by atoms with Gasteiger partial charge in [-0.25, -0.2) is 13.2 Å². The highest BCUT2D eigenvalue weighted by molar-refractivity contribution is 6.09. The van der Waals surface area contributed by atoms with Crippen molar-refractivity contribution in [1.82, 2.24) is 24.5 Å². The number of benzene rings is 2. The molecule has 1 atom stereocenters. The lowest BCUT2D eigenvalue weighted by Gasteiger charge is -2.45. The summed E-state index contributed by atoms with van der Waals surface area (Å²) in [6.07, 6.45) is 9.12. The zero-order valence-electron chi connectivity index (χ0n) is 25.9. The van der Waals surface area contributed by atoms with Crippen molar-refractivity contribution in [3.8, 4) is 17.0 Å². The average molecular weight is 608 g/mol. The molecule has 0 N–H and O–H groups in total. The molecule has 0 spiro atoms. The summed E-state index contributed by atoms with van der Waals surface area (Å²) < 4.78 is 51.4. The van der Waals surface area contributed by atoms with Crippen molar-refractivity contribution in [2.45, 2.75) is 78.3 Å². The molecule has 1 saturated heterocycles. The molecule has 1 aliphatic heterocycles. The van der Waals surface area contributed by atoms with Gasteiger partial charge in [-0.15, -0.1) is 5.10 Å². The van der Waals surface area contributed by atoms with Gasteiger partial charge in [0.25, 0.3) is 5.91 Å². The normalized spacial score (nSPS) is 19.7. The van der Waals surface area contributed by atoms with Crippen LogP contribution in [0.25, 0.3) is 22.2 Å². The molecule has 1 amide bonds. The number of nitrogens with zero attached hydrogens (tertiary/aromatic N) is 5. The van der Waals surface area contributed by atoms with Crippen LogP contribution >= 0.6 is 0 Å². The first-order chi connectivity index (χ1) is 21.1. The SMILES string of the molecule is COc1ccc2c(c1)c(C(=O)N1CCCC(Cn3cc(-c4cc(F)c(F)cc4F)nn3)(C(C)C)C1)c(C)n2C1CCCCC1. The van der Waals surface area contributed by atoms with E-state index in [0.29, 0.717) is 31.7 Å². The minimum Gasteiger partial charge on any atom is -0.497 e. The van der Waals surface area contributed by atoms with Crippen LogP contribution in [0.1, 0.15) is 80.9 Å². The summed E-state index contributed by atoms with van der Waals surface area (Å²) in [5.74, 6) is -2.36. The van der Waals surface area contributed by atoms with Gasteiger partial charge in [0.1, 0.15) is 17.3 Å². The second kappa shape index (κ2) is 11.9. The van der Waals surface area contributed by atoms with Gasteiger partial charge >= 0.3 is 0 Å². The highest BCUT2D eigenvalue weighted by Crippen LogP contribution is 2.42. The summed E-state index contributed by atoms with van der Waals surface area (Å²) in [5, 5.41) is 9.23. The number of fused-ring (bicyclic) bond motifs is 1. The number of carbonyl (C=O) groups is 1. The van der Waals surface area contributed by atoms with Crippen molar-refractivity contribution in [2.75, 3.05) is 20.2 Å². The molecule has 44 heavy (non-hydrogen) atoms. The average Bonchev–Trinajstić information content (AvgIpc) is 3.59. The van der Waals surface area contributed by atoms with Gasteiger partial charge in [-0.3, -0.25) is 9.48 Å². The van der Waals surface area contributed by atoms with Crippen molar-refractivity contribution >= 4 is 16.8 Å². The first-order valence-electron chi connectivity index (χ1n) is 15.6. The zero-order valence-corrected chi connectivity index (χ0v) is 25.9. The largest absolute Gasteiger partial charge is 0.497 e. The van der Waals surface area contributed by atoms with E-state index >= 15 is 0 Å². The van der Waals surface area contributed by atoms with E-state index in [1.807, 2.05) is 17.0 Å². The third-order valence-corrected chi connectivity index (χ3v) is 10.0. The molecule has 7 nitrogen and oxygen atoms in total. The third kappa shape index (κ3) is 5.37. The molecule has 0 bridgehead atoms. The number of hydrogen-bond donors (Lipinski definition) is 0. The summed E-state index contributed by atoms with van der Waals surface area (Å²) in [7, 11) is 1.64. The molecule has 1 saturated carbocycles. The van der Waals surface area contributed by atoms with Crippen LogP contribution in [0.3, 0.4) is 0 Å². The number of methoxy groups -OCH3 is 1. The molecular formula is C34H40F3N5O2. The Balaban J connectivity index is 1.32. The topological polar surface area (TPSA) is 65.2 Å². The summed E-state index contributed by atoms with van der Waals surface area (Å²) in [4.78, 5) is 16.5. The van der Waals surface area contributed by atoms with Gasteiger partial charge in [-0.05, 0) is 62.8 Å². The van der Waals surface area contributed by atoms with E-state index in [-0.39, 0.29) is 28.5 Å². The second-order valence-corrected chi connectivity index (χ2v) is 12.9. The Morgan fingerprint density at radius 3 is 2.52 bits per heavy atom. The van der Waals surface area contributed by atoms with Gasteiger partial charge in [0.15, 0.2) is 11.6 Å². The fourth-order valence-corrected chi connectivity index (χ4v) is 7.44. The number of ether oxygens (including phenoxy) is 1. The van der Waals surface area contributed by atoms with Crippen LogP contribution in [0.5, 0.6) is 5.75 Å². The Morgan fingerprint density at radius 1 is 1.05 bits per heavy atom. The first-order valence-corrected chi connectivity index (χ1v) is 15.6. The third-order valence-electron chi connectivity index (χ3n) is 10.0. The van der Waals surface area contributed by atoms with Crippen LogP contribution in [0.15, 0.2) is 36.5 Å². The van der Waals surface area contributed by atoms with E-state index in [1.54, 1.807) is 18.0 Å².